The van der Waals surface area contributed by atoms with Gasteiger partial charge in [-0.15, -0.1) is 22.0 Å². The standard InChI is InChI=1S/C8H11ClN2OS/c1-8(2,12)5-13-7-4-3-6(9)10-11-7/h3-4,12H,5H2,1-2H3. The Morgan fingerprint density at radius 2 is 2.15 bits per heavy atom. The molecule has 0 amide bonds. The Labute approximate surface area is 86.5 Å². The number of thioether (sulfide) groups is 1. The maximum Gasteiger partial charge on any atom is 0.151 e. The van der Waals surface area contributed by atoms with Crippen molar-refractivity contribution < 1.29 is 5.11 Å². The summed E-state index contributed by atoms with van der Waals surface area (Å²) in [5, 5.41) is 18.1. The van der Waals surface area contributed by atoms with Crippen LogP contribution in [0, 0.1) is 0 Å². The largest absolute Gasteiger partial charge is 0.390 e. The zero-order chi connectivity index (χ0) is 9.90. The first-order valence-electron chi connectivity index (χ1n) is 3.82. The molecule has 3 nitrogen and oxygen atoms in total. The first-order valence-corrected chi connectivity index (χ1v) is 5.18. The van der Waals surface area contributed by atoms with E-state index in [1.54, 1.807) is 26.0 Å². The molecule has 1 aromatic heterocycles. The fraction of sp³-hybridized carbons (Fsp3) is 0.500. The van der Waals surface area contributed by atoms with E-state index >= 15 is 0 Å². The zero-order valence-electron chi connectivity index (χ0n) is 7.49. The van der Waals surface area contributed by atoms with Gasteiger partial charge in [-0.3, -0.25) is 0 Å². The SMILES string of the molecule is CC(C)(O)CSc1ccc(Cl)nn1. The molecule has 5 heteroatoms. The van der Waals surface area contributed by atoms with Gasteiger partial charge in [0.15, 0.2) is 5.15 Å². The molecule has 0 aliphatic rings. The predicted molar refractivity (Wildman–Crippen MR) is 54.1 cm³/mol. The molecule has 1 N–H and O–H groups in total. The van der Waals surface area contributed by atoms with Gasteiger partial charge >= 0.3 is 0 Å². The van der Waals surface area contributed by atoms with Crippen molar-refractivity contribution in [1.82, 2.24) is 10.2 Å². The third-order valence-electron chi connectivity index (χ3n) is 1.18. The van der Waals surface area contributed by atoms with Crippen molar-refractivity contribution in [3.8, 4) is 0 Å². The highest BCUT2D eigenvalue weighted by Gasteiger charge is 2.13. The van der Waals surface area contributed by atoms with Crippen molar-refractivity contribution >= 4 is 23.4 Å². The number of halogens is 1. The van der Waals surface area contributed by atoms with Crippen LogP contribution in [0.15, 0.2) is 17.2 Å². The molecule has 72 valence electrons. The number of hydrogen-bond donors (Lipinski definition) is 1. The zero-order valence-corrected chi connectivity index (χ0v) is 9.06. The number of hydrogen-bond acceptors (Lipinski definition) is 4. The Hall–Kier alpha value is -0.320. The topological polar surface area (TPSA) is 46.0 Å². The summed E-state index contributed by atoms with van der Waals surface area (Å²) < 4.78 is 0. The van der Waals surface area contributed by atoms with Crippen molar-refractivity contribution in [3.05, 3.63) is 17.3 Å². The molecule has 0 aliphatic carbocycles. The maximum atomic E-state index is 9.44. The minimum atomic E-state index is -0.689. The maximum absolute atomic E-state index is 9.44. The Kier molecular flexibility index (Phi) is 3.53. The Morgan fingerprint density at radius 1 is 1.46 bits per heavy atom. The Balaban J connectivity index is 2.51. The molecule has 0 bridgehead atoms. The molecule has 0 aliphatic heterocycles. The summed E-state index contributed by atoms with van der Waals surface area (Å²) in [6.07, 6.45) is 0. The van der Waals surface area contributed by atoms with E-state index in [4.69, 9.17) is 11.6 Å². The summed E-state index contributed by atoms with van der Waals surface area (Å²) >= 11 is 7.02. The van der Waals surface area contributed by atoms with Gasteiger partial charge in [0, 0.05) is 5.75 Å². The lowest BCUT2D eigenvalue weighted by Crippen LogP contribution is -2.21. The van der Waals surface area contributed by atoms with Crippen LogP contribution in [0.4, 0.5) is 0 Å². The van der Waals surface area contributed by atoms with Gasteiger partial charge in [-0.25, -0.2) is 0 Å². The van der Waals surface area contributed by atoms with E-state index in [-0.39, 0.29) is 0 Å². The smallest absolute Gasteiger partial charge is 0.151 e. The average Bonchev–Trinajstić information content (AvgIpc) is 2.02. The van der Waals surface area contributed by atoms with Gasteiger partial charge in [0.1, 0.15) is 5.03 Å². The quantitative estimate of drug-likeness (QED) is 0.789. The van der Waals surface area contributed by atoms with Gasteiger partial charge in [0.2, 0.25) is 0 Å². The molecule has 0 saturated heterocycles. The molecule has 0 saturated carbocycles. The predicted octanol–water partition coefficient (Wildman–Crippen LogP) is 1.99. The van der Waals surface area contributed by atoms with Crippen molar-refractivity contribution in [2.45, 2.75) is 24.5 Å². The molecule has 1 aromatic rings. The van der Waals surface area contributed by atoms with E-state index in [1.165, 1.54) is 11.8 Å². The van der Waals surface area contributed by atoms with Crippen LogP contribution in [0.2, 0.25) is 5.15 Å². The molecule has 0 unspecified atom stereocenters. The second kappa shape index (κ2) is 4.26. The number of aromatic nitrogens is 2. The molecule has 0 aromatic carbocycles. The Morgan fingerprint density at radius 3 is 2.62 bits per heavy atom. The first kappa shape index (κ1) is 10.8. The summed E-state index contributed by atoms with van der Waals surface area (Å²) in [4.78, 5) is 0. The first-order chi connectivity index (χ1) is 5.97. The Bertz CT molecular complexity index is 270. The van der Waals surface area contributed by atoms with E-state index in [0.717, 1.165) is 5.03 Å². The van der Waals surface area contributed by atoms with Crippen LogP contribution >= 0.6 is 23.4 Å². The van der Waals surface area contributed by atoms with Crippen LogP contribution in [0.25, 0.3) is 0 Å². The highest BCUT2D eigenvalue weighted by molar-refractivity contribution is 7.99. The lowest BCUT2D eigenvalue weighted by molar-refractivity contribution is 0.107. The van der Waals surface area contributed by atoms with Crippen LogP contribution in [0.3, 0.4) is 0 Å². The summed E-state index contributed by atoms with van der Waals surface area (Å²) in [5.74, 6) is 0.587. The number of aliphatic hydroxyl groups is 1. The van der Waals surface area contributed by atoms with E-state index in [9.17, 15) is 5.11 Å². The molecular weight excluding hydrogens is 208 g/mol. The van der Waals surface area contributed by atoms with E-state index in [2.05, 4.69) is 10.2 Å². The molecule has 0 radical (unpaired) electrons. The summed E-state index contributed by atoms with van der Waals surface area (Å²) in [6.45, 7) is 3.51. The minimum absolute atomic E-state index is 0.382. The molecule has 0 fully saturated rings. The second-order valence-electron chi connectivity index (χ2n) is 3.30. The normalized spacial score (nSPS) is 11.7. The van der Waals surface area contributed by atoms with Gasteiger partial charge in [0.25, 0.3) is 0 Å². The van der Waals surface area contributed by atoms with Crippen LogP contribution in [0.5, 0.6) is 0 Å². The molecule has 1 heterocycles. The second-order valence-corrected chi connectivity index (χ2v) is 4.68. The highest BCUT2D eigenvalue weighted by Crippen LogP contribution is 2.20. The fourth-order valence-corrected chi connectivity index (χ4v) is 1.50. The van der Waals surface area contributed by atoms with Crippen LogP contribution in [-0.2, 0) is 0 Å². The van der Waals surface area contributed by atoms with E-state index in [0.29, 0.717) is 10.9 Å². The van der Waals surface area contributed by atoms with Crippen molar-refractivity contribution in [1.29, 1.82) is 0 Å². The van der Waals surface area contributed by atoms with Gasteiger partial charge < -0.3 is 5.11 Å². The lowest BCUT2D eigenvalue weighted by atomic mass is 10.2. The third kappa shape index (κ3) is 4.45. The average molecular weight is 219 g/mol. The monoisotopic (exact) mass is 218 g/mol. The van der Waals surface area contributed by atoms with Crippen molar-refractivity contribution in [2.75, 3.05) is 5.75 Å². The van der Waals surface area contributed by atoms with Crippen LogP contribution in [-0.4, -0.2) is 26.7 Å². The fourth-order valence-electron chi connectivity index (χ4n) is 0.631. The third-order valence-corrected chi connectivity index (χ3v) is 2.75. The summed E-state index contributed by atoms with van der Waals surface area (Å²) in [7, 11) is 0. The molecule has 1 rings (SSSR count). The molecular formula is C8H11ClN2OS. The van der Waals surface area contributed by atoms with Crippen LogP contribution in [0.1, 0.15) is 13.8 Å². The van der Waals surface area contributed by atoms with Crippen molar-refractivity contribution in [3.63, 3.8) is 0 Å². The van der Waals surface area contributed by atoms with Gasteiger partial charge in [-0.1, -0.05) is 11.6 Å². The molecule has 0 spiro atoms. The lowest BCUT2D eigenvalue weighted by Gasteiger charge is -2.15. The summed E-state index contributed by atoms with van der Waals surface area (Å²) in [5.41, 5.74) is -0.689. The van der Waals surface area contributed by atoms with E-state index in [1.807, 2.05) is 0 Å². The molecule has 13 heavy (non-hydrogen) atoms. The number of rotatable bonds is 3. The number of nitrogens with zero attached hydrogens (tertiary/aromatic N) is 2. The van der Waals surface area contributed by atoms with Crippen molar-refractivity contribution in [2.24, 2.45) is 0 Å². The van der Waals surface area contributed by atoms with E-state index < -0.39 is 5.60 Å². The van der Waals surface area contributed by atoms with Gasteiger partial charge in [-0.05, 0) is 26.0 Å². The van der Waals surface area contributed by atoms with Gasteiger partial charge in [0.05, 0.1) is 5.60 Å². The van der Waals surface area contributed by atoms with Gasteiger partial charge in [-0.2, -0.15) is 0 Å². The highest BCUT2D eigenvalue weighted by atomic mass is 35.5. The molecule has 0 atom stereocenters. The van der Waals surface area contributed by atoms with Crippen LogP contribution < -0.4 is 0 Å². The summed E-state index contributed by atoms with van der Waals surface area (Å²) in [6, 6.07) is 3.47. The minimum Gasteiger partial charge on any atom is -0.390 e.